The van der Waals surface area contributed by atoms with Gasteiger partial charge in [-0.05, 0) is 49.2 Å². The van der Waals surface area contributed by atoms with Crippen molar-refractivity contribution < 1.29 is 14.3 Å². The molecule has 0 aliphatic carbocycles. The zero-order chi connectivity index (χ0) is 20.5. The summed E-state index contributed by atoms with van der Waals surface area (Å²) in [6.07, 6.45) is 2.15. The van der Waals surface area contributed by atoms with E-state index in [1.54, 1.807) is 11.8 Å². The number of nitrogens with zero attached hydrogens (tertiary/aromatic N) is 2. The van der Waals surface area contributed by atoms with E-state index in [0.717, 1.165) is 22.4 Å². The molecule has 0 saturated carbocycles. The second-order valence-electron chi connectivity index (χ2n) is 6.89. The van der Waals surface area contributed by atoms with Gasteiger partial charge in [0.25, 0.3) is 0 Å². The highest BCUT2D eigenvalue weighted by Gasteiger charge is 2.31. The Labute approximate surface area is 174 Å². The summed E-state index contributed by atoms with van der Waals surface area (Å²) in [5, 5.41) is 8.19. The van der Waals surface area contributed by atoms with Crippen molar-refractivity contribution in [3.63, 3.8) is 0 Å². The Kier molecular flexibility index (Phi) is 5.20. The van der Waals surface area contributed by atoms with Gasteiger partial charge >= 0.3 is 0 Å². The number of methoxy groups -OCH3 is 1. The monoisotopic (exact) mass is 411 g/mol. The van der Waals surface area contributed by atoms with E-state index in [9.17, 15) is 4.79 Å². The quantitative estimate of drug-likeness (QED) is 0.660. The SMILES string of the molecule is CCOc1ccc([C@@H]2CC(=O)Nc3c2cnn3-c2cccc(Cl)c2C)cc1OC. The highest BCUT2D eigenvalue weighted by Crippen LogP contribution is 2.41. The predicted molar refractivity (Wildman–Crippen MR) is 113 cm³/mol. The molecule has 2 heterocycles. The van der Waals surface area contributed by atoms with Crippen LogP contribution in [0.3, 0.4) is 0 Å². The molecule has 1 atom stereocenters. The minimum Gasteiger partial charge on any atom is -0.493 e. The number of carbonyl (C=O) groups is 1. The van der Waals surface area contributed by atoms with Gasteiger partial charge < -0.3 is 14.8 Å². The second kappa shape index (κ2) is 7.79. The molecular formula is C22H22ClN3O3. The number of carbonyl (C=O) groups excluding carboxylic acids is 1. The minimum atomic E-state index is -0.128. The third-order valence-electron chi connectivity index (χ3n) is 5.18. The third-order valence-corrected chi connectivity index (χ3v) is 5.59. The van der Waals surface area contributed by atoms with Gasteiger partial charge in [-0.1, -0.05) is 23.7 Å². The summed E-state index contributed by atoms with van der Waals surface area (Å²) in [5.74, 6) is 1.82. The van der Waals surface area contributed by atoms with E-state index in [-0.39, 0.29) is 11.8 Å². The molecular weight excluding hydrogens is 390 g/mol. The van der Waals surface area contributed by atoms with Crippen LogP contribution in [0.1, 0.15) is 36.0 Å². The zero-order valence-corrected chi connectivity index (χ0v) is 17.3. The molecule has 0 spiro atoms. The molecule has 0 bridgehead atoms. The summed E-state index contributed by atoms with van der Waals surface area (Å²) in [6.45, 7) is 4.42. The number of anilines is 1. The third kappa shape index (κ3) is 3.44. The lowest BCUT2D eigenvalue weighted by molar-refractivity contribution is -0.116. The van der Waals surface area contributed by atoms with Gasteiger partial charge in [0.05, 0.1) is 25.6 Å². The number of aromatic nitrogens is 2. The summed E-state index contributed by atoms with van der Waals surface area (Å²) < 4.78 is 12.8. The molecule has 1 aromatic heterocycles. The number of rotatable bonds is 5. The van der Waals surface area contributed by atoms with E-state index in [4.69, 9.17) is 21.1 Å². The lowest BCUT2D eigenvalue weighted by Crippen LogP contribution is -2.24. The molecule has 2 aromatic carbocycles. The molecule has 0 radical (unpaired) electrons. The molecule has 150 valence electrons. The van der Waals surface area contributed by atoms with Crippen LogP contribution in [0.4, 0.5) is 5.82 Å². The Morgan fingerprint density at radius 2 is 2.10 bits per heavy atom. The molecule has 3 aromatic rings. The van der Waals surface area contributed by atoms with Gasteiger partial charge in [-0.25, -0.2) is 4.68 Å². The average Bonchev–Trinajstić information content (AvgIpc) is 3.13. The number of hydrogen-bond donors (Lipinski definition) is 1. The minimum absolute atomic E-state index is 0.0585. The smallest absolute Gasteiger partial charge is 0.226 e. The molecule has 1 aliphatic heterocycles. The van der Waals surface area contributed by atoms with Crippen molar-refractivity contribution in [3.05, 3.63) is 64.3 Å². The summed E-state index contributed by atoms with van der Waals surface area (Å²) in [4.78, 5) is 12.5. The normalized spacial score (nSPS) is 15.6. The summed E-state index contributed by atoms with van der Waals surface area (Å²) >= 11 is 6.29. The standard InChI is InChI=1S/C22H22ClN3O3/c1-4-29-19-9-8-14(10-20(19)28-3)15-11-21(27)25-22-16(15)12-24-26(22)18-7-5-6-17(23)13(18)2/h5-10,12,15H,4,11H2,1-3H3,(H,25,27)/t15-/m0/s1. The fourth-order valence-electron chi connectivity index (χ4n) is 3.70. The predicted octanol–water partition coefficient (Wildman–Crippen LogP) is 4.72. The molecule has 0 saturated heterocycles. The Morgan fingerprint density at radius 3 is 2.86 bits per heavy atom. The first-order valence-corrected chi connectivity index (χ1v) is 9.85. The molecule has 1 N–H and O–H groups in total. The number of ether oxygens (including phenoxy) is 2. The first-order chi connectivity index (χ1) is 14.0. The maximum atomic E-state index is 12.5. The van der Waals surface area contributed by atoms with Gasteiger partial charge in [-0.2, -0.15) is 5.10 Å². The number of halogens is 1. The fraction of sp³-hybridized carbons (Fsp3) is 0.273. The van der Waals surface area contributed by atoms with Crippen LogP contribution >= 0.6 is 11.6 Å². The summed E-state index contributed by atoms with van der Waals surface area (Å²) in [5.41, 5.74) is 3.67. The van der Waals surface area contributed by atoms with Crippen LogP contribution in [0.5, 0.6) is 11.5 Å². The largest absolute Gasteiger partial charge is 0.493 e. The Hall–Kier alpha value is -2.99. The molecule has 0 unspecified atom stereocenters. The first-order valence-electron chi connectivity index (χ1n) is 9.47. The topological polar surface area (TPSA) is 65.4 Å². The van der Waals surface area contributed by atoms with Gasteiger partial charge in [0.1, 0.15) is 5.82 Å². The molecule has 1 aliphatic rings. The molecule has 1 amide bonds. The highest BCUT2D eigenvalue weighted by atomic mass is 35.5. The average molecular weight is 412 g/mol. The number of benzene rings is 2. The van der Waals surface area contributed by atoms with E-state index >= 15 is 0 Å². The van der Waals surface area contributed by atoms with Crippen LogP contribution in [0.15, 0.2) is 42.6 Å². The number of nitrogens with one attached hydrogen (secondary N) is 1. The maximum absolute atomic E-state index is 12.5. The van der Waals surface area contributed by atoms with E-state index in [0.29, 0.717) is 35.4 Å². The zero-order valence-electron chi connectivity index (χ0n) is 16.5. The number of amides is 1. The number of fused-ring (bicyclic) bond motifs is 1. The van der Waals surface area contributed by atoms with Gasteiger partial charge in [0, 0.05) is 22.9 Å². The maximum Gasteiger partial charge on any atom is 0.226 e. The van der Waals surface area contributed by atoms with E-state index < -0.39 is 0 Å². The molecule has 6 nitrogen and oxygen atoms in total. The van der Waals surface area contributed by atoms with Crippen LogP contribution in [-0.4, -0.2) is 29.4 Å². The van der Waals surface area contributed by atoms with E-state index in [2.05, 4.69) is 10.4 Å². The van der Waals surface area contributed by atoms with Crippen LogP contribution in [0, 0.1) is 6.92 Å². The van der Waals surface area contributed by atoms with Crippen LogP contribution < -0.4 is 14.8 Å². The van der Waals surface area contributed by atoms with Gasteiger partial charge in [-0.15, -0.1) is 0 Å². The van der Waals surface area contributed by atoms with Crippen molar-refractivity contribution in [3.8, 4) is 17.2 Å². The Balaban J connectivity index is 1.79. The summed E-state index contributed by atoms with van der Waals surface area (Å²) in [6, 6.07) is 11.4. The lowest BCUT2D eigenvalue weighted by Gasteiger charge is -2.24. The first kappa shape index (κ1) is 19.3. The van der Waals surface area contributed by atoms with Crippen molar-refractivity contribution in [2.75, 3.05) is 19.0 Å². The van der Waals surface area contributed by atoms with Gasteiger partial charge in [0.15, 0.2) is 11.5 Å². The van der Waals surface area contributed by atoms with E-state index in [1.807, 2.05) is 56.4 Å². The Morgan fingerprint density at radius 1 is 1.28 bits per heavy atom. The van der Waals surface area contributed by atoms with Crippen molar-refractivity contribution in [1.29, 1.82) is 0 Å². The Bertz CT molecular complexity index is 1080. The van der Waals surface area contributed by atoms with E-state index in [1.165, 1.54) is 0 Å². The summed E-state index contributed by atoms with van der Waals surface area (Å²) in [7, 11) is 1.61. The highest BCUT2D eigenvalue weighted by molar-refractivity contribution is 6.31. The molecule has 7 heteroatoms. The molecule has 4 rings (SSSR count). The van der Waals surface area contributed by atoms with Gasteiger partial charge in [-0.3, -0.25) is 4.79 Å². The lowest BCUT2D eigenvalue weighted by atomic mass is 9.87. The molecule has 0 fully saturated rings. The molecule has 29 heavy (non-hydrogen) atoms. The fourth-order valence-corrected chi connectivity index (χ4v) is 3.87. The van der Waals surface area contributed by atoms with Crippen LogP contribution in [-0.2, 0) is 4.79 Å². The van der Waals surface area contributed by atoms with Crippen LogP contribution in [0.2, 0.25) is 5.02 Å². The van der Waals surface area contributed by atoms with Gasteiger partial charge in [0.2, 0.25) is 5.91 Å². The van der Waals surface area contributed by atoms with Crippen molar-refractivity contribution in [2.24, 2.45) is 0 Å². The second-order valence-corrected chi connectivity index (χ2v) is 7.30. The van der Waals surface area contributed by atoms with Crippen molar-refractivity contribution in [1.82, 2.24) is 9.78 Å². The van der Waals surface area contributed by atoms with Crippen molar-refractivity contribution in [2.45, 2.75) is 26.2 Å². The van der Waals surface area contributed by atoms with Crippen molar-refractivity contribution >= 4 is 23.3 Å². The number of hydrogen-bond acceptors (Lipinski definition) is 4. The van der Waals surface area contributed by atoms with Crippen LogP contribution in [0.25, 0.3) is 5.69 Å².